The van der Waals surface area contributed by atoms with Gasteiger partial charge in [0.2, 0.25) is 0 Å². The molecular formula is C16H14F3N3O4S. The lowest BCUT2D eigenvalue weighted by atomic mass is 10.2. The molecule has 0 aromatic heterocycles. The highest BCUT2D eigenvalue weighted by Crippen LogP contribution is 2.30. The van der Waals surface area contributed by atoms with Gasteiger partial charge in [-0.1, -0.05) is 23.8 Å². The molecular weight excluding hydrogens is 387 g/mol. The van der Waals surface area contributed by atoms with Crippen molar-refractivity contribution in [2.24, 2.45) is 0 Å². The monoisotopic (exact) mass is 401 g/mol. The molecule has 0 atom stereocenters. The topological polar surface area (TPSA) is 104 Å². The van der Waals surface area contributed by atoms with Crippen LogP contribution in [0.1, 0.15) is 11.1 Å². The number of rotatable bonds is 4. The normalized spacial score (nSPS) is 11.7. The second-order valence-electron chi connectivity index (χ2n) is 5.41. The Bertz CT molecular complexity index is 958. The van der Waals surface area contributed by atoms with Crippen LogP contribution < -0.4 is 15.6 Å². The zero-order chi connectivity index (χ0) is 20.2. The van der Waals surface area contributed by atoms with Crippen LogP contribution in [0.3, 0.4) is 0 Å². The first-order chi connectivity index (χ1) is 12.5. The summed E-state index contributed by atoms with van der Waals surface area (Å²) < 4.78 is 62.0. The van der Waals surface area contributed by atoms with E-state index in [2.05, 4.69) is 5.32 Å². The molecule has 3 N–H and O–H groups in total. The summed E-state index contributed by atoms with van der Waals surface area (Å²) in [5, 5.41) is 2.24. The third-order valence-electron chi connectivity index (χ3n) is 3.29. The summed E-state index contributed by atoms with van der Waals surface area (Å²) >= 11 is 0. The van der Waals surface area contributed by atoms with Gasteiger partial charge in [0.15, 0.2) is 0 Å². The molecule has 0 unspecified atom stereocenters. The number of aryl methyl sites for hydroxylation is 1. The molecule has 2 amide bonds. The first kappa shape index (κ1) is 20.4. The predicted octanol–water partition coefficient (Wildman–Crippen LogP) is 1.96. The van der Waals surface area contributed by atoms with Crippen molar-refractivity contribution in [1.29, 1.82) is 0 Å². The average Bonchev–Trinajstić information content (AvgIpc) is 2.61. The van der Waals surface area contributed by atoms with Gasteiger partial charge < -0.3 is 5.32 Å². The number of anilines is 1. The van der Waals surface area contributed by atoms with Crippen molar-refractivity contribution in [2.75, 3.05) is 5.32 Å². The van der Waals surface area contributed by atoms with E-state index in [0.717, 1.165) is 17.7 Å². The van der Waals surface area contributed by atoms with E-state index in [1.54, 1.807) is 22.4 Å². The van der Waals surface area contributed by atoms with Crippen LogP contribution in [-0.4, -0.2) is 20.2 Å². The second-order valence-corrected chi connectivity index (χ2v) is 7.09. The van der Waals surface area contributed by atoms with Crippen LogP contribution in [0.15, 0.2) is 53.4 Å². The van der Waals surface area contributed by atoms with E-state index >= 15 is 0 Å². The van der Waals surface area contributed by atoms with Gasteiger partial charge in [-0.25, -0.2) is 8.42 Å². The first-order valence-electron chi connectivity index (χ1n) is 7.36. The van der Waals surface area contributed by atoms with E-state index in [4.69, 9.17) is 0 Å². The molecule has 0 aliphatic carbocycles. The Hall–Kier alpha value is -2.92. The Morgan fingerprint density at radius 3 is 2.19 bits per heavy atom. The fraction of sp³-hybridized carbons (Fsp3) is 0.125. The zero-order valence-electron chi connectivity index (χ0n) is 13.8. The molecule has 0 heterocycles. The minimum absolute atomic E-state index is 0.307. The highest BCUT2D eigenvalue weighted by atomic mass is 32.2. The maximum atomic E-state index is 12.7. The molecule has 27 heavy (non-hydrogen) atoms. The highest BCUT2D eigenvalue weighted by Gasteiger charge is 2.31. The van der Waals surface area contributed by atoms with Crippen LogP contribution >= 0.6 is 0 Å². The third kappa shape index (κ3) is 5.53. The van der Waals surface area contributed by atoms with Gasteiger partial charge in [-0.2, -0.15) is 13.2 Å². The maximum Gasteiger partial charge on any atom is 0.416 e. The molecule has 0 bridgehead atoms. The second kappa shape index (κ2) is 7.76. The fourth-order valence-electron chi connectivity index (χ4n) is 1.89. The number of alkyl halides is 3. The van der Waals surface area contributed by atoms with Crippen LogP contribution in [0.5, 0.6) is 0 Å². The van der Waals surface area contributed by atoms with Gasteiger partial charge in [0.05, 0.1) is 10.5 Å². The van der Waals surface area contributed by atoms with Crippen LogP contribution in [0, 0.1) is 6.92 Å². The minimum Gasteiger partial charge on any atom is -0.318 e. The predicted molar refractivity (Wildman–Crippen MR) is 89.7 cm³/mol. The Kier molecular flexibility index (Phi) is 5.86. The molecule has 7 nitrogen and oxygen atoms in total. The SMILES string of the molecule is Cc1ccc(NC(=O)C(=O)NNS(=O)(=O)c2cccc(C(F)(F)F)c2)cc1. The maximum absolute atomic E-state index is 12.7. The lowest BCUT2D eigenvalue weighted by Gasteiger charge is -2.11. The van der Waals surface area contributed by atoms with Gasteiger partial charge in [0.1, 0.15) is 0 Å². The lowest BCUT2D eigenvalue weighted by Crippen LogP contribution is -2.46. The van der Waals surface area contributed by atoms with E-state index in [9.17, 15) is 31.2 Å². The van der Waals surface area contributed by atoms with E-state index in [1.807, 2.05) is 6.92 Å². The van der Waals surface area contributed by atoms with Crippen LogP contribution in [0.4, 0.5) is 18.9 Å². The number of sulfonamides is 1. The van der Waals surface area contributed by atoms with Crippen molar-refractivity contribution >= 4 is 27.5 Å². The minimum atomic E-state index is -4.73. The lowest BCUT2D eigenvalue weighted by molar-refractivity contribution is -0.137. The standard InChI is InChI=1S/C16H14F3N3O4S/c1-10-5-7-12(8-6-10)20-14(23)15(24)21-22-27(25,26)13-4-2-3-11(9-13)16(17,18)19/h2-9,22H,1H3,(H,20,23)(H,21,24). The van der Waals surface area contributed by atoms with Crippen LogP contribution in [0.2, 0.25) is 0 Å². The van der Waals surface area contributed by atoms with Crippen LogP contribution in [0.25, 0.3) is 0 Å². The van der Waals surface area contributed by atoms with Gasteiger partial charge in [0.25, 0.3) is 10.0 Å². The molecule has 2 rings (SSSR count). The summed E-state index contributed by atoms with van der Waals surface area (Å²) in [4.78, 5) is 24.3. The van der Waals surface area contributed by atoms with Gasteiger partial charge in [-0.3, -0.25) is 15.0 Å². The highest BCUT2D eigenvalue weighted by molar-refractivity contribution is 7.89. The van der Waals surface area contributed by atoms with Gasteiger partial charge in [-0.05, 0) is 37.3 Å². The number of benzene rings is 2. The Labute approximate surface area is 152 Å². The van der Waals surface area contributed by atoms with Gasteiger partial charge in [0, 0.05) is 5.69 Å². The number of carbonyl (C=O) groups is 2. The Morgan fingerprint density at radius 2 is 1.59 bits per heavy atom. The molecule has 0 saturated heterocycles. The number of hydrogen-bond donors (Lipinski definition) is 3. The average molecular weight is 401 g/mol. The molecule has 0 aliphatic heterocycles. The van der Waals surface area contributed by atoms with Gasteiger partial charge in [-0.15, -0.1) is 4.83 Å². The van der Waals surface area contributed by atoms with E-state index < -0.39 is 38.5 Å². The third-order valence-corrected chi connectivity index (χ3v) is 4.53. The zero-order valence-corrected chi connectivity index (χ0v) is 14.6. The van der Waals surface area contributed by atoms with Crippen molar-refractivity contribution in [3.63, 3.8) is 0 Å². The summed E-state index contributed by atoms with van der Waals surface area (Å²) in [5.74, 6) is -2.50. The smallest absolute Gasteiger partial charge is 0.318 e. The van der Waals surface area contributed by atoms with Crippen molar-refractivity contribution in [1.82, 2.24) is 10.3 Å². The molecule has 2 aromatic carbocycles. The quantitative estimate of drug-likeness (QED) is 0.538. The number of carbonyl (C=O) groups excluding carboxylic acids is 2. The molecule has 0 spiro atoms. The number of halogens is 3. The van der Waals surface area contributed by atoms with Crippen molar-refractivity contribution in [3.8, 4) is 0 Å². The first-order valence-corrected chi connectivity index (χ1v) is 8.84. The van der Waals surface area contributed by atoms with E-state index in [1.165, 1.54) is 12.1 Å². The summed E-state index contributed by atoms with van der Waals surface area (Å²) in [6.07, 6.45) is -4.73. The molecule has 0 radical (unpaired) electrons. The van der Waals surface area contributed by atoms with E-state index in [0.29, 0.717) is 17.8 Å². The Morgan fingerprint density at radius 1 is 0.963 bits per heavy atom. The molecule has 2 aromatic rings. The fourth-order valence-corrected chi connectivity index (χ4v) is 2.78. The molecule has 144 valence electrons. The number of amides is 2. The summed E-state index contributed by atoms with van der Waals surface area (Å²) in [6.45, 7) is 1.82. The summed E-state index contributed by atoms with van der Waals surface area (Å²) in [5.41, 5.74) is 1.70. The number of nitrogens with one attached hydrogen (secondary N) is 3. The molecule has 11 heteroatoms. The summed E-state index contributed by atoms with van der Waals surface area (Å²) in [7, 11) is -4.51. The van der Waals surface area contributed by atoms with Crippen molar-refractivity contribution in [2.45, 2.75) is 18.0 Å². The van der Waals surface area contributed by atoms with Crippen LogP contribution in [-0.2, 0) is 25.8 Å². The number of hydrazine groups is 1. The molecule has 0 saturated carbocycles. The van der Waals surface area contributed by atoms with Gasteiger partial charge >= 0.3 is 18.0 Å². The summed E-state index contributed by atoms with van der Waals surface area (Å²) in [6, 6.07) is 9.36. The number of hydrogen-bond acceptors (Lipinski definition) is 4. The Balaban J connectivity index is 2.03. The molecule has 0 fully saturated rings. The van der Waals surface area contributed by atoms with Crippen molar-refractivity contribution in [3.05, 3.63) is 59.7 Å². The molecule has 0 aliphatic rings. The van der Waals surface area contributed by atoms with Crippen molar-refractivity contribution < 1.29 is 31.2 Å². The largest absolute Gasteiger partial charge is 0.416 e. The van der Waals surface area contributed by atoms with E-state index in [-0.39, 0.29) is 0 Å².